The third kappa shape index (κ3) is 23.5. The zero-order chi connectivity index (χ0) is 78.4. The van der Waals surface area contributed by atoms with Gasteiger partial charge in [0.15, 0.2) is 0 Å². The molecule has 5 aromatic carbocycles. The molecule has 35 heteroatoms. The van der Waals surface area contributed by atoms with Crippen molar-refractivity contribution in [3.8, 4) is 22.5 Å². The van der Waals surface area contributed by atoms with Gasteiger partial charge in [-0.2, -0.15) is 0 Å². The van der Waals surface area contributed by atoms with E-state index >= 15 is 0 Å². The van der Waals surface area contributed by atoms with Crippen molar-refractivity contribution in [3.05, 3.63) is 162 Å². The summed E-state index contributed by atoms with van der Waals surface area (Å²) in [6.07, 6.45) is 3.29. The summed E-state index contributed by atoms with van der Waals surface area (Å²) in [4.78, 5) is 169. The lowest BCUT2D eigenvalue weighted by molar-refractivity contribution is -0.138. The van der Waals surface area contributed by atoms with Crippen molar-refractivity contribution in [2.24, 2.45) is 5.73 Å². The minimum atomic E-state index is -1.35. The fourth-order valence-corrected chi connectivity index (χ4v) is 13.8. The van der Waals surface area contributed by atoms with E-state index in [1.165, 1.54) is 18.8 Å². The number of hydrazine groups is 1. The topological polar surface area (TPSA) is 462 Å². The van der Waals surface area contributed by atoms with Crippen LogP contribution < -0.4 is 74.7 Å². The number of para-hydroxylation sites is 3. The van der Waals surface area contributed by atoms with Gasteiger partial charge in [0.2, 0.25) is 59.1 Å². The van der Waals surface area contributed by atoms with Gasteiger partial charge in [-0.15, -0.1) is 16.9 Å². The zero-order valence-electron chi connectivity index (χ0n) is 61.3. The maximum absolute atomic E-state index is 14.7. The number of aromatic nitrogens is 5. The van der Waals surface area contributed by atoms with Crippen LogP contribution in [0.3, 0.4) is 0 Å². The number of hydrogen-bond acceptors (Lipinski definition) is 19. The number of nitrogens with two attached hydrogens (primary N) is 1. The molecular weight excluding hydrogens is 1450 g/mol. The summed E-state index contributed by atoms with van der Waals surface area (Å²) in [5, 5.41) is 36.8. The van der Waals surface area contributed by atoms with E-state index in [0.29, 0.717) is 60.8 Å². The van der Waals surface area contributed by atoms with Crippen LogP contribution in [0.15, 0.2) is 140 Å². The number of ether oxygens (including phenoxy) is 2. The number of aromatic amines is 2. The Morgan fingerprint density at radius 3 is 1.88 bits per heavy atom. The van der Waals surface area contributed by atoms with E-state index in [0.717, 1.165) is 49.1 Å². The first-order chi connectivity index (χ1) is 53.9. The van der Waals surface area contributed by atoms with Crippen molar-refractivity contribution >= 4 is 110 Å². The van der Waals surface area contributed by atoms with Crippen molar-refractivity contribution in [1.29, 1.82) is 0 Å². The van der Waals surface area contributed by atoms with Crippen LogP contribution in [-0.2, 0) is 89.8 Å². The first-order valence-corrected chi connectivity index (χ1v) is 37.6. The summed E-state index contributed by atoms with van der Waals surface area (Å²) in [6, 6.07) is 33.3. The highest BCUT2D eigenvalue weighted by molar-refractivity contribution is 8.00. The number of carbonyl (C=O) groups excluding carboxylic acids is 12. The number of likely N-dealkylation sites (tertiary alicyclic amines) is 1. The van der Waals surface area contributed by atoms with Crippen LogP contribution in [0.2, 0.25) is 0 Å². The monoisotopic (exact) mass is 1540 g/mol. The number of carbonyl (C=O) groups is 12. The Hall–Kier alpha value is -12.1. The number of rotatable bonds is 40. The largest absolute Gasteiger partial charge is 0.379 e. The van der Waals surface area contributed by atoms with Gasteiger partial charge < -0.3 is 83.2 Å². The molecule has 0 saturated carbocycles. The average molecular weight is 1540 g/mol. The molecule has 4 unspecified atom stereocenters. The van der Waals surface area contributed by atoms with Crippen molar-refractivity contribution in [2.45, 2.75) is 81.4 Å². The Kier molecular flexibility index (Phi) is 30.5. The molecule has 4 atom stereocenters. The van der Waals surface area contributed by atoms with E-state index in [2.05, 4.69) is 84.3 Å². The van der Waals surface area contributed by atoms with E-state index < -0.39 is 89.9 Å². The Labute approximate surface area is 643 Å². The molecule has 1 saturated heterocycles. The molecule has 0 aliphatic carbocycles. The van der Waals surface area contributed by atoms with E-state index in [1.54, 1.807) is 47.6 Å². The summed E-state index contributed by atoms with van der Waals surface area (Å²) < 4.78 is 13.1. The molecule has 3 aromatic heterocycles. The second-order valence-corrected chi connectivity index (χ2v) is 27.3. The number of urea groups is 2. The molecular formula is C76H92N20O14S. The maximum atomic E-state index is 14.7. The number of imide groups is 1. The third-order valence-electron chi connectivity index (χ3n) is 18.2. The second-order valence-electron chi connectivity index (χ2n) is 26.0. The third-order valence-corrected chi connectivity index (χ3v) is 19.5. The van der Waals surface area contributed by atoms with Gasteiger partial charge in [-0.1, -0.05) is 114 Å². The first kappa shape index (κ1) is 81.5. The summed E-state index contributed by atoms with van der Waals surface area (Å²) in [6.45, 7) is 2.24. The number of thioether (sulfide) groups is 1. The highest BCUT2D eigenvalue weighted by Crippen LogP contribution is 2.41. The van der Waals surface area contributed by atoms with E-state index in [-0.39, 0.29) is 121 Å². The molecule has 586 valence electrons. The van der Waals surface area contributed by atoms with Gasteiger partial charge >= 0.3 is 12.1 Å². The molecule has 111 heavy (non-hydrogen) atoms. The van der Waals surface area contributed by atoms with Gasteiger partial charge in [-0.05, 0) is 40.5 Å². The second kappa shape index (κ2) is 41.5. The highest BCUT2D eigenvalue weighted by Gasteiger charge is 2.39. The predicted octanol–water partition coefficient (Wildman–Crippen LogP) is 0.824. The number of hydrogen-bond donors (Lipinski definition) is 15. The summed E-state index contributed by atoms with van der Waals surface area (Å²) in [5.74, 6) is -5.22. The number of anilines is 1. The van der Waals surface area contributed by atoms with Crippen molar-refractivity contribution in [3.63, 3.8) is 0 Å². The summed E-state index contributed by atoms with van der Waals surface area (Å²) in [7, 11) is 1.34. The Morgan fingerprint density at radius 2 is 1.17 bits per heavy atom. The SMILES string of the molecule is CNC(=O)NNC(=O)NC(Cc1ccccc1)C(=O)NCC(=O)NC(Cc1c[nH]c2ccccc12)C(=O)NC(Cc1c[nH]c2ccccc12)C(=O)NCC(=O)NCCN1C(=O)CC(SCCC(=O)NCCOCCOCCC(=O)NCCC(=O)N2Cc3ccccc3-c3c(nnn3CCNCCN)-c3ccccc32)C1=O. The van der Waals surface area contributed by atoms with Gasteiger partial charge in [-0.25, -0.2) is 25.1 Å². The molecule has 10 rings (SSSR count). The fourth-order valence-electron chi connectivity index (χ4n) is 12.6. The lowest BCUT2D eigenvalue weighted by Gasteiger charge is -2.28. The van der Waals surface area contributed by atoms with Crippen molar-refractivity contribution < 1.29 is 67.0 Å². The number of nitrogens with zero attached hydrogens (tertiary/aromatic N) is 5. The van der Waals surface area contributed by atoms with Gasteiger partial charge in [-0.3, -0.25) is 52.8 Å². The van der Waals surface area contributed by atoms with Crippen LogP contribution in [0.25, 0.3) is 44.3 Å². The molecule has 0 radical (unpaired) electrons. The first-order valence-electron chi connectivity index (χ1n) is 36.5. The van der Waals surface area contributed by atoms with E-state index in [9.17, 15) is 57.5 Å². The Bertz CT molecular complexity index is 4590. The van der Waals surface area contributed by atoms with Crippen LogP contribution in [0.4, 0.5) is 15.3 Å². The molecule has 34 nitrogen and oxygen atoms in total. The van der Waals surface area contributed by atoms with Crippen LogP contribution in [-0.4, -0.2) is 223 Å². The Morgan fingerprint density at radius 1 is 0.568 bits per heavy atom. The van der Waals surface area contributed by atoms with E-state index in [1.807, 2.05) is 102 Å². The molecule has 5 heterocycles. The lowest BCUT2D eigenvalue weighted by atomic mass is 9.95. The molecule has 2 aliphatic rings. The van der Waals surface area contributed by atoms with Crippen LogP contribution >= 0.6 is 11.8 Å². The van der Waals surface area contributed by atoms with Gasteiger partial charge in [0.1, 0.15) is 23.8 Å². The van der Waals surface area contributed by atoms with E-state index in [4.69, 9.17) is 15.2 Å². The number of benzene rings is 5. The van der Waals surface area contributed by atoms with Crippen LogP contribution in [0, 0.1) is 0 Å². The maximum Gasteiger partial charge on any atom is 0.334 e. The minimum absolute atomic E-state index is 0.00611. The number of H-pyrrole nitrogens is 2. The Balaban J connectivity index is 0.616. The molecule has 16 N–H and O–H groups in total. The van der Waals surface area contributed by atoms with Crippen LogP contribution in [0.1, 0.15) is 47.9 Å². The fraction of sp³-hybridized carbons (Fsp3) is 0.368. The smallest absolute Gasteiger partial charge is 0.334 e. The number of fused-ring (bicyclic) bond motifs is 7. The van der Waals surface area contributed by atoms with Crippen molar-refractivity contribution in [1.82, 2.24) is 93.9 Å². The number of amides is 14. The molecule has 14 amide bonds. The van der Waals surface area contributed by atoms with Gasteiger partial charge in [0.05, 0.1) is 69.2 Å². The molecule has 8 aromatic rings. The van der Waals surface area contributed by atoms with Crippen LogP contribution in [0.5, 0.6) is 0 Å². The summed E-state index contributed by atoms with van der Waals surface area (Å²) >= 11 is 1.17. The van der Waals surface area contributed by atoms with Gasteiger partial charge in [0, 0.05) is 149 Å². The molecule has 2 aliphatic heterocycles. The zero-order valence-corrected chi connectivity index (χ0v) is 62.1. The molecule has 1 fully saturated rings. The lowest BCUT2D eigenvalue weighted by Crippen LogP contribution is -2.58. The standard InChI is InChI=1S/C76H92N20O14S/c1-78-75(107)91-92-76(108)89-58(39-48-13-3-2-4-14-48)71(103)86-46-66(100)87-60(41-51-44-84-57-21-11-8-17-53(51)57)73(105)88-59(40-50-43-83-56-20-10-7-16-52(50)56)72(104)85-45-65(99)81-30-32-94-68(102)42-62(74(94)106)111-38-25-64(98)82-31-35-110-37-36-109-34-24-63(97)80-27-23-67(101)95-47-49-15-5-6-18-54(49)70-69(55-19-9-12-22-61(55)95)90-93-96(70)33-29-79-28-26-77/h2-22,43-44,58-60,62,79,83-84H,23-42,45-47,77H2,1H3,(H,80,97)(H,81,99)(H,82,98)(H,85,104)(H,86,103)(H,87,100)(H,88,105)(H2,78,91,107)(H2,89,92,108). The summed E-state index contributed by atoms with van der Waals surface area (Å²) in [5.41, 5.74) is 18.2. The quantitative estimate of drug-likeness (QED) is 0.0144. The van der Waals surface area contributed by atoms with Crippen molar-refractivity contribution in [2.75, 3.05) is 103 Å². The highest BCUT2D eigenvalue weighted by atomic mass is 32.2. The molecule has 0 spiro atoms. The predicted molar refractivity (Wildman–Crippen MR) is 413 cm³/mol. The molecule has 0 bridgehead atoms. The average Bonchev–Trinajstić information content (AvgIpc) is 1.70. The minimum Gasteiger partial charge on any atom is -0.379 e. The van der Waals surface area contributed by atoms with Gasteiger partial charge in [0.25, 0.3) is 0 Å². The number of nitrogens with one attached hydrogen (secondary N) is 14. The normalized spacial score (nSPS) is 13.8.